The fourth-order valence-corrected chi connectivity index (χ4v) is 2.21. The molecule has 0 spiro atoms. The molecule has 2 amide bonds. The molecule has 0 heterocycles. The average Bonchev–Trinajstić information content (AvgIpc) is 2.29. The van der Waals surface area contributed by atoms with Gasteiger partial charge in [-0.2, -0.15) is 0 Å². The van der Waals surface area contributed by atoms with Crippen molar-refractivity contribution in [3.05, 3.63) is 33.3 Å². The minimum atomic E-state index is -0.233. The van der Waals surface area contributed by atoms with E-state index in [2.05, 4.69) is 26.6 Å². The highest BCUT2D eigenvalue weighted by molar-refractivity contribution is 9.10. The largest absolute Gasteiger partial charge is 0.356 e. The zero-order valence-electron chi connectivity index (χ0n) is 9.93. The maximum Gasteiger partial charge on any atom is 0.252 e. The minimum Gasteiger partial charge on any atom is -0.356 e. The molecular formula is C12H14BrClN2O2. The predicted molar refractivity (Wildman–Crippen MR) is 74.8 cm³/mol. The molecule has 0 radical (unpaired) electrons. The molecule has 0 fully saturated rings. The molecule has 0 aliphatic carbocycles. The SMILES string of the molecule is CCNC(=O)CCNC(=O)c1ccc(Cl)cc1Br. The highest BCUT2D eigenvalue weighted by atomic mass is 79.9. The van der Waals surface area contributed by atoms with Crippen LogP contribution in [0.2, 0.25) is 5.02 Å². The first-order valence-electron chi connectivity index (χ1n) is 5.54. The lowest BCUT2D eigenvalue weighted by atomic mass is 10.2. The van der Waals surface area contributed by atoms with Crippen molar-refractivity contribution in [3.63, 3.8) is 0 Å². The molecular weight excluding hydrogens is 320 g/mol. The number of nitrogens with one attached hydrogen (secondary N) is 2. The van der Waals surface area contributed by atoms with E-state index in [9.17, 15) is 9.59 Å². The first-order chi connectivity index (χ1) is 8.54. The highest BCUT2D eigenvalue weighted by Crippen LogP contribution is 2.21. The fourth-order valence-electron chi connectivity index (χ4n) is 1.34. The second-order valence-corrected chi connectivity index (χ2v) is 4.87. The Balaban J connectivity index is 2.48. The van der Waals surface area contributed by atoms with Crippen LogP contribution in [0.1, 0.15) is 23.7 Å². The number of rotatable bonds is 5. The normalized spacial score (nSPS) is 9.94. The van der Waals surface area contributed by atoms with E-state index in [1.54, 1.807) is 18.2 Å². The number of carbonyl (C=O) groups is 2. The average molecular weight is 334 g/mol. The van der Waals surface area contributed by atoms with Gasteiger partial charge in [-0.3, -0.25) is 9.59 Å². The summed E-state index contributed by atoms with van der Waals surface area (Å²) in [5.74, 6) is -0.309. The van der Waals surface area contributed by atoms with Crippen molar-refractivity contribution in [2.75, 3.05) is 13.1 Å². The highest BCUT2D eigenvalue weighted by Gasteiger charge is 2.10. The van der Waals surface area contributed by atoms with Crippen LogP contribution in [0, 0.1) is 0 Å². The lowest BCUT2D eigenvalue weighted by molar-refractivity contribution is -0.120. The van der Waals surface area contributed by atoms with Gasteiger partial charge in [0.05, 0.1) is 5.56 Å². The van der Waals surface area contributed by atoms with Crippen molar-refractivity contribution in [2.24, 2.45) is 0 Å². The second-order valence-electron chi connectivity index (χ2n) is 3.58. The molecule has 0 saturated carbocycles. The third-order valence-corrected chi connectivity index (χ3v) is 3.08. The summed E-state index contributed by atoms with van der Waals surface area (Å²) in [6.07, 6.45) is 0.269. The van der Waals surface area contributed by atoms with Crippen molar-refractivity contribution in [1.29, 1.82) is 0 Å². The van der Waals surface area contributed by atoms with Crippen molar-refractivity contribution in [3.8, 4) is 0 Å². The van der Waals surface area contributed by atoms with Crippen molar-refractivity contribution >= 4 is 39.3 Å². The zero-order chi connectivity index (χ0) is 13.5. The van der Waals surface area contributed by atoms with Crippen LogP contribution in [0.4, 0.5) is 0 Å². The van der Waals surface area contributed by atoms with Crippen LogP contribution in [0.3, 0.4) is 0 Å². The van der Waals surface area contributed by atoms with Gasteiger partial charge in [0.2, 0.25) is 5.91 Å². The minimum absolute atomic E-state index is 0.0760. The topological polar surface area (TPSA) is 58.2 Å². The Morgan fingerprint density at radius 2 is 2.06 bits per heavy atom. The Labute approximate surface area is 119 Å². The molecule has 0 aliphatic heterocycles. The molecule has 18 heavy (non-hydrogen) atoms. The van der Waals surface area contributed by atoms with E-state index in [1.165, 1.54) is 0 Å². The predicted octanol–water partition coefficient (Wildman–Crippen LogP) is 2.36. The molecule has 1 aromatic rings. The zero-order valence-corrected chi connectivity index (χ0v) is 12.3. The molecule has 0 atom stereocenters. The molecule has 4 nitrogen and oxygen atoms in total. The Morgan fingerprint density at radius 1 is 1.33 bits per heavy atom. The molecule has 1 aromatic carbocycles. The van der Waals surface area contributed by atoms with E-state index in [1.807, 2.05) is 6.92 Å². The number of hydrogen-bond donors (Lipinski definition) is 2. The smallest absolute Gasteiger partial charge is 0.252 e. The first-order valence-corrected chi connectivity index (χ1v) is 6.71. The number of benzene rings is 1. The van der Waals surface area contributed by atoms with Gasteiger partial charge in [-0.25, -0.2) is 0 Å². The van der Waals surface area contributed by atoms with E-state index >= 15 is 0 Å². The number of halogens is 2. The summed E-state index contributed by atoms with van der Waals surface area (Å²) in [5, 5.41) is 5.89. The molecule has 0 aromatic heterocycles. The monoisotopic (exact) mass is 332 g/mol. The summed E-state index contributed by atoms with van der Waals surface area (Å²) in [6, 6.07) is 4.93. The van der Waals surface area contributed by atoms with Gasteiger partial charge in [-0.1, -0.05) is 11.6 Å². The summed E-state index contributed by atoms with van der Waals surface area (Å²) in [7, 11) is 0. The molecule has 0 aliphatic rings. The van der Waals surface area contributed by atoms with Gasteiger partial charge in [-0.05, 0) is 41.1 Å². The van der Waals surface area contributed by atoms with Crippen molar-refractivity contribution < 1.29 is 9.59 Å². The summed E-state index contributed by atoms with van der Waals surface area (Å²) in [5.41, 5.74) is 0.496. The van der Waals surface area contributed by atoms with Crippen LogP contribution >= 0.6 is 27.5 Å². The van der Waals surface area contributed by atoms with Crippen LogP contribution in [-0.4, -0.2) is 24.9 Å². The maximum atomic E-state index is 11.8. The lowest BCUT2D eigenvalue weighted by Crippen LogP contribution is -2.30. The van der Waals surface area contributed by atoms with Crippen molar-refractivity contribution in [1.82, 2.24) is 10.6 Å². The Kier molecular flexibility index (Phi) is 6.15. The number of amides is 2. The number of carbonyl (C=O) groups excluding carboxylic acids is 2. The Bertz CT molecular complexity index is 452. The number of hydrogen-bond acceptors (Lipinski definition) is 2. The Hall–Kier alpha value is -1.07. The Morgan fingerprint density at radius 3 is 2.67 bits per heavy atom. The maximum absolute atomic E-state index is 11.8. The van der Waals surface area contributed by atoms with Crippen LogP contribution in [0.5, 0.6) is 0 Å². The van der Waals surface area contributed by atoms with Crippen LogP contribution in [-0.2, 0) is 4.79 Å². The van der Waals surface area contributed by atoms with Gasteiger partial charge < -0.3 is 10.6 Å². The molecule has 1 rings (SSSR count). The quantitative estimate of drug-likeness (QED) is 0.869. The van der Waals surface area contributed by atoms with Gasteiger partial charge in [-0.15, -0.1) is 0 Å². The van der Waals surface area contributed by atoms with Gasteiger partial charge in [0.15, 0.2) is 0 Å². The van der Waals surface area contributed by atoms with E-state index in [0.29, 0.717) is 28.1 Å². The molecule has 2 N–H and O–H groups in total. The van der Waals surface area contributed by atoms with E-state index < -0.39 is 0 Å². The van der Waals surface area contributed by atoms with Crippen molar-refractivity contribution in [2.45, 2.75) is 13.3 Å². The van der Waals surface area contributed by atoms with Gasteiger partial charge in [0.1, 0.15) is 0 Å². The molecule has 0 unspecified atom stereocenters. The van der Waals surface area contributed by atoms with Crippen LogP contribution in [0.15, 0.2) is 22.7 Å². The van der Waals surface area contributed by atoms with Crippen LogP contribution in [0.25, 0.3) is 0 Å². The van der Waals surface area contributed by atoms with Gasteiger partial charge >= 0.3 is 0 Å². The lowest BCUT2D eigenvalue weighted by Gasteiger charge is -2.07. The molecule has 98 valence electrons. The molecule has 6 heteroatoms. The first kappa shape index (κ1) is 15.0. The summed E-state index contributed by atoms with van der Waals surface area (Å²) >= 11 is 9.06. The third-order valence-electron chi connectivity index (χ3n) is 2.19. The van der Waals surface area contributed by atoms with E-state index in [0.717, 1.165) is 0 Å². The summed E-state index contributed by atoms with van der Waals surface area (Å²) in [6.45, 7) is 2.75. The standard InChI is InChI=1S/C12H14BrClN2O2/c1-2-15-11(17)5-6-16-12(18)9-4-3-8(14)7-10(9)13/h3-4,7H,2,5-6H2,1H3,(H,15,17)(H,16,18). The van der Waals surface area contributed by atoms with Gasteiger partial charge in [0, 0.05) is 29.0 Å². The van der Waals surface area contributed by atoms with E-state index in [-0.39, 0.29) is 18.2 Å². The van der Waals surface area contributed by atoms with Gasteiger partial charge in [0.25, 0.3) is 5.91 Å². The second kappa shape index (κ2) is 7.38. The fraction of sp³-hybridized carbons (Fsp3) is 0.333. The third kappa shape index (κ3) is 4.66. The summed E-state index contributed by atoms with van der Waals surface area (Å²) in [4.78, 5) is 23.0. The molecule has 0 bridgehead atoms. The molecule has 0 saturated heterocycles. The summed E-state index contributed by atoms with van der Waals surface area (Å²) < 4.78 is 0.630. The van der Waals surface area contributed by atoms with E-state index in [4.69, 9.17) is 11.6 Å². The van der Waals surface area contributed by atoms with Crippen LogP contribution < -0.4 is 10.6 Å².